The van der Waals surface area contributed by atoms with Crippen molar-refractivity contribution >= 4 is 26.4 Å². The predicted octanol–water partition coefficient (Wildman–Crippen LogP) is 2.09. The number of ether oxygens (including phenoxy) is 1. The van der Waals surface area contributed by atoms with Crippen LogP contribution in [0.3, 0.4) is 0 Å². The van der Waals surface area contributed by atoms with Gasteiger partial charge in [0.05, 0.1) is 12.9 Å². The highest BCUT2D eigenvalue weighted by Gasteiger charge is 2.09. The van der Waals surface area contributed by atoms with Gasteiger partial charge in [-0.25, -0.2) is 13.4 Å². The number of pyridine rings is 1. The number of fused-ring (bicyclic) bond motifs is 1. The highest BCUT2D eigenvalue weighted by atomic mass is 32.2. The zero-order chi connectivity index (χ0) is 14.6. The van der Waals surface area contributed by atoms with Crippen LogP contribution in [-0.2, 0) is 9.84 Å². The number of aromatic nitrogens is 1. The van der Waals surface area contributed by atoms with Crippen LogP contribution in [0.5, 0.6) is 5.75 Å². The van der Waals surface area contributed by atoms with Crippen molar-refractivity contribution < 1.29 is 13.2 Å². The van der Waals surface area contributed by atoms with E-state index in [1.165, 1.54) is 0 Å². The van der Waals surface area contributed by atoms with Crippen LogP contribution in [0, 0.1) is 0 Å². The lowest BCUT2D eigenvalue weighted by molar-refractivity contribution is 0.420. The Labute approximate surface area is 118 Å². The van der Waals surface area contributed by atoms with Gasteiger partial charge in [0.1, 0.15) is 11.6 Å². The molecule has 0 amide bonds. The fraction of sp³-hybridized carbons (Fsp3) is 0.357. The minimum atomic E-state index is -2.97. The summed E-state index contributed by atoms with van der Waals surface area (Å²) < 4.78 is 28.3. The summed E-state index contributed by atoms with van der Waals surface area (Å²) in [5.41, 5.74) is 0. The van der Waals surface area contributed by atoms with Crippen LogP contribution in [-0.4, -0.2) is 38.6 Å². The van der Waals surface area contributed by atoms with Gasteiger partial charge in [-0.05, 0) is 12.1 Å². The minimum absolute atomic E-state index is 0.103. The van der Waals surface area contributed by atoms with E-state index < -0.39 is 9.84 Å². The number of sulfone groups is 1. The molecule has 0 aliphatic rings. The van der Waals surface area contributed by atoms with E-state index >= 15 is 0 Å². The van der Waals surface area contributed by atoms with Gasteiger partial charge in [-0.2, -0.15) is 0 Å². The average Bonchev–Trinajstić information content (AvgIpc) is 2.46. The van der Waals surface area contributed by atoms with Crippen LogP contribution in [0.25, 0.3) is 10.8 Å². The summed E-state index contributed by atoms with van der Waals surface area (Å²) in [6, 6.07) is 7.58. The summed E-state index contributed by atoms with van der Waals surface area (Å²) in [6.07, 6.45) is 1.68. The molecule has 2 aromatic rings. The van der Waals surface area contributed by atoms with Gasteiger partial charge in [-0.1, -0.05) is 19.1 Å². The van der Waals surface area contributed by atoms with Crippen molar-refractivity contribution in [3.63, 3.8) is 0 Å². The van der Waals surface area contributed by atoms with Crippen LogP contribution in [0.4, 0.5) is 5.82 Å². The fourth-order valence-corrected chi connectivity index (χ4v) is 2.67. The largest absolute Gasteiger partial charge is 0.496 e. The monoisotopic (exact) mass is 294 g/mol. The van der Waals surface area contributed by atoms with E-state index in [0.29, 0.717) is 12.4 Å². The molecule has 0 bridgehead atoms. The molecule has 108 valence electrons. The van der Waals surface area contributed by atoms with E-state index in [2.05, 4.69) is 10.3 Å². The molecule has 0 saturated heterocycles. The maximum atomic E-state index is 11.5. The first-order chi connectivity index (χ1) is 9.57. The van der Waals surface area contributed by atoms with Crippen LogP contribution in [0.1, 0.15) is 6.92 Å². The number of rotatable bonds is 6. The van der Waals surface area contributed by atoms with E-state index in [1.807, 2.05) is 24.3 Å². The molecule has 1 heterocycles. The predicted molar refractivity (Wildman–Crippen MR) is 81.1 cm³/mol. The SMILES string of the molecule is CCS(=O)(=O)CCNc1nccc2c(OC)cccc12. The van der Waals surface area contributed by atoms with E-state index in [0.717, 1.165) is 16.5 Å². The number of methoxy groups -OCH3 is 1. The van der Waals surface area contributed by atoms with E-state index in [9.17, 15) is 8.42 Å². The molecular weight excluding hydrogens is 276 g/mol. The Kier molecular flexibility index (Phi) is 4.44. The van der Waals surface area contributed by atoms with Gasteiger partial charge in [0.25, 0.3) is 0 Å². The van der Waals surface area contributed by atoms with Crippen LogP contribution >= 0.6 is 0 Å². The standard InChI is InChI=1S/C14H18N2O3S/c1-3-20(17,18)10-9-16-14-12-5-4-6-13(19-2)11(12)7-8-15-14/h4-8H,3,9-10H2,1-2H3,(H,15,16). The van der Waals surface area contributed by atoms with Crippen molar-refractivity contribution in [3.8, 4) is 5.75 Å². The first kappa shape index (κ1) is 14.6. The second-order valence-corrected chi connectivity index (χ2v) is 6.85. The lowest BCUT2D eigenvalue weighted by atomic mass is 10.1. The Morgan fingerprint density at radius 2 is 2.05 bits per heavy atom. The van der Waals surface area contributed by atoms with Crippen molar-refractivity contribution in [2.75, 3.05) is 30.5 Å². The lowest BCUT2D eigenvalue weighted by Crippen LogP contribution is -2.17. The van der Waals surface area contributed by atoms with E-state index in [4.69, 9.17) is 4.74 Å². The Morgan fingerprint density at radius 1 is 1.25 bits per heavy atom. The van der Waals surface area contributed by atoms with Gasteiger partial charge < -0.3 is 10.1 Å². The second kappa shape index (κ2) is 6.09. The Balaban J connectivity index is 2.23. The number of hydrogen-bond donors (Lipinski definition) is 1. The number of anilines is 1. The number of nitrogens with zero attached hydrogens (tertiary/aromatic N) is 1. The van der Waals surface area contributed by atoms with Crippen molar-refractivity contribution in [2.24, 2.45) is 0 Å². The van der Waals surface area contributed by atoms with Crippen molar-refractivity contribution in [3.05, 3.63) is 30.5 Å². The average molecular weight is 294 g/mol. The fourth-order valence-electron chi connectivity index (χ4n) is 1.97. The van der Waals surface area contributed by atoms with E-state index in [1.54, 1.807) is 20.2 Å². The zero-order valence-electron chi connectivity index (χ0n) is 11.6. The maximum Gasteiger partial charge on any atom is 0.151 e. The summed E-state index contributed by atoms with van der Waals surface area (Å²) in [6.45, 7) is 2.00. The smallest absolute Gasteiger partial charge is 0.151 e. The second-order valence-electron chi connectivity index (χ2n) is 4.38. The number of nitrogens with one attached hydrogen (secondary N) is 1. The highest BCUT2D eigenvalue weighted by Crippen LogP contribution is 2.28. The Bertz CT molecular complexity index is 699. The molecule has 0 fully saturated rings. The summed E-state index contributed by atoms with van der Waals surface area (Å²) in [5, 5.41) is 4.95. The summed E-state index contributed by atoms with van der Waals surface area (Å²) >= 11 is 0. The topological polar surface area (TPSA) is 68.3 Å². The molecule has 20 heavy (non-hydrogen) atoms. The third-order valence-corrected chi connectivity index (χ3v) is 4.84. The van der Waals surface area contributed by atoms with Crippen LogP contribution in [0.2, 0.25) is 0 Å². The highest BCUT2D eigenvalue weighted by molar-refractivity contribution is 7.91. The van der Waals surface area contributed by atoms with Crippen LogP contribution in [0.15, 0.2) is 30.5 Å². The molecule has 2 rings (SSSR count). The molecule has 0 aliphatic carbocycles. The molecule has 1 aromatic carbocycles. The third-order valence-electron chi connectivity index (χ3n) is 3.13. The Hall–Kier alpha value is -1.82. The van der Waals surface area contributed by atoms with Crippen molar-refractivity contribution in [1.82, 2.24) is 4.98 Å². The molecule has 0 atom stereocenters. The normalized spacial score (nSPS) is 11.5. The molecule has 6 heteroatoms. The number of hydrogen-bond acceptors (Lipinski definition) is 5. The van der Waals surface area contributed by atoms with Crippen molar-refractivity contribution in [1.29, 1.82) is 0 Å². The molecule has 0 radical (unpaired) electrons. The van der Waals surface area contributed by atoms with Gasteiger partial charge in [0.2, 0.25) is 0 Å². The Morgan fingerprint density at radius 3 is 2.75 bits per heavy atom. The summed E-state index contributed by atoms with van der Waals surface area (Å²) in [7, 11) is -1.35. The molecule has 5 nitrogen and oxygen atoms in total. The molecule has 0 aliphatic heterocycles. The van der Waals surface area contributed by atoms with Gasteiger partial charge in [0.15, 0.2) is 9.84 Å². The van der Waals surface area contributed by atoms with Gasteiger partial charge >= 0.3 is 0 Å². The lowest BCUT2D eigenvalue weighted by Gasteiger charge is -2.10. The third kappa shape index (κ3) is 3.19. The van der Waals surface area contributed by atoms with Gasteiger partial charge in [-0.15, -0.1) is 0 Å². The minimum Gasteiger partial charge on any atom is -0.496 e. The molecule has 1 N–H and O–H groups in total. The molecule has 0 spiro atoms. The quantitative estimate of drug-likeness (QED) is 0.883. The molecule has 1 aromatic heterocycles. The number of benzene rings is 1. The first-order valence-corrected chi connectivity index (χ1v) is 8.25. The molecular formula is C14H18N2O3S. The van der Waals surface area contributed by atoms with Gasteiger partial charge in [0, 0.05) is 29.3 Å². The summed E-state index contributed by atoms with van der Waals surface area (Å²) in [4.78, 5) is 4.27. The zero-order valence-corrected chi connectivity index (χ0v) is 12.4. The van der Waals surface area contributed by atoms with Gasteiger partial charge in [-0.3, -0.25) is 0 Å². The first-order valence-electron chi connectivity index (χ1n) is 6.43. The maximum absolute atomic E-state index is 11.5. The molecule has 0 unspecified atom stereocenters. The summed E-state index contributed by atoms with van der Waals surface area (Å²) in [5.74, 6) is 1.71. The van der Waals surface area contributed by atoms with Crippen LogP contribution < -0.4 is 10.1 Å². The van der Waals surface area contributed by atoms with Crippen molar-refractivity contribution in [2.45, 2.75) is 6.92 Å². The molecule has 0 saturated carbocycles. The van der Waals surface area contributed by atoms with E-state index in [-0.39, 0.29) is 11.5 Å².